The highest BCUT2D eigenvalue weighted by atomic mass is 32.2. The van der Waals surface area contributed by atoms with Crippen molar-refractivity contribution in [2.45, 2.75) is 25.1 Å². The quantitative estimate of drug-likeness (QED) is 0.504. The molecule has 1 unspecified atom stereocenters. The first kappa shape index (κ1) is 22.0. The number of hydrogen-bond donors (Lipinski definition) is 3. The number of anilines is 1. The normalized spacial score (nSPS) is 14.9. The van der Waals surface area contributed by atoms with Gasteiger partial charge in [-0.05, 0) is 24.5 Å². The van der Waals surface area contributed by atoms with Gasteiger partial charge in [-0.3, -0.25) is 19.7 Å². The number of ether oxygens (including phenoxy) is 1. The molecule has 1 aliphatic rings. The fourth-order valence-corrected chi connectivity index (χ4v) is 4.53. The highest BCUT2D eigenvalue weighted by molar-refractivity contribution is 7.97. The Morgan fingerprint density at radius 2 is 2.16 bits per heavy atom. The molecule has 166 valence electrons. The Morgan fingerprint density at radius 1 is 1.31 bits per heavy atom. The number of nitrogens with zero attached hydrogens (tertiary/aromatic N) is 2. The fourth-order valence-electron chi connectivity index (χ4n) is 3.40. The minimum absolute atomic E-state index is 0.0404. The summed E-state index contributed by atoms with van der Waals surface area (Å²) < 4.78 is 5.71. The van der Waals surface area contributed by atoms with Crippen LogP contribution >= 0.6 is 23.1 Å². The standard InChI is InChI=1S/C21H21N5O4S2/c1-11(27)22-14-5-6-30-17-4-3-12(7-13(14)17)16-9-32-21(24-16)26-20(29)15-8-19(28)25-18(23-15)10-31-2/h3-4,7-9,14H,5-6,10H2,1-2H3,(H,22,27)(H,23,25,28)(H,24,26,29). The van der Waals surface area contributed by atoms with Crippen LogP contribution in [-0.2, 0) is 10.5 Å². The maximum Gasteiger partial charge on any atom is 0.276 e. The van der Waals surface area contributed by atoms with Gasteiger partial charge in [-0.2, -0.15) is 11.8 Å². The van der Waals surface area contributed by atoms with Crippen LogP contribution in [0.25, 0.3) is 11.3 Å². The molecular weight excluding hydrogens is 450 g/mol. The summed E-state index contributed by atoms with van der Waals surface area (Å²) in [6, 6.07) is 6.75. The number of carbonyl (C=O) groups excluding carboxylic acids is 2. The molecule has 4 rings (SSSR count). The Balaban J connectivity index is 1.54. The molecule has 0 saturated heterocycles. The highest BCUT2D eigenvalue weighted by Gasteiger charge is 2.23. The number of amides is 2. The van der Waals surface area contributed by atoms with Gasteiger partial charge in [0.2, 0.25) is 5.91 Å². The van der Waals surface area contributed by atoms with Gasteiger partial charge in [-0.25, -0.2) is 9.97 Å². The fraction of sp³-hybridized carbons (Fsp3) is 0.286. The van der Waals surface area contributed by atoms with Crippen LogP contribution in [0.15, 0.2) is 34.4 Å². The van der Waals surface area contributed by atoms with Crippen molar-refractivity contribution in [3.05, 3.63) is 57.1 Å². The molecule has 0 saturated carbocycles. The number of carbonyl (C=O) groups is 2. The zero-order valence-corrected chi connectivity index (χ0v) is 19.1. The monoisotopic (exact) mass is 471 g/mol. The van der Waals surface area contributed by atoms with Gasteiger partial charge < -0.3 is 15.0 Å². The zero-order valence-electron chi connectivity index (χ0n) is 17.4. The number of thiazole rings is 1. The molecule has 1 aliphatic heterocycles. The van der Waals surface area contributed by atoms with Crippen LogP contribution in [-0.4, -0.2) is 39.6 Å². The van der Waals surface area contributed by atoms with Crippen LogP contribution in [0.3, 0.4) is 0 Å². The van der Waals surface area contributed by atoms with E-state index in [0.717, 1.165) is 16.9 Å². The predicted molar refractivity (Wildman–Crippen MR) is 124 cm³/mol. The molecule has 11 heteroatoms. The molecule has 0 spiro atoms. The average Bonchev–Trinajstić information content (AvgIpc) is 3.21. The molecule has 2 amide bonds. The summed E-state index contributed by atoms with van der Waals surface area (Å²) >= 11 is 2.77. The van der Waals surface area contributed by atoms with Gasteiger partial charge in [-0.15, -0.1) is 11.3 Å². The van der Waals surface area contributed by atoms with Crippen LogP contribution in [0, 0.1) is 0 Å². The van der Waals surface area contributed by atoms with Crippen LogP contribution in [0.5, 0.6) is 5.75 Å². The third kappa shape index (κ3) is 5.00. The molecule has 0 fully saturated rings. The lowest BCUT2D eigenvalue weighted by Crippen LogP contribution is -2.30. The number of benzene rings is 1. The third-order valence-corrected chi connectivity index (χ3v) is 6.07. The first-order valence-electron chi connectivity index (χ1n) is 9.83. The molecule has 3 heterocycles. The molecule has 32 heavy (non-hydrogen) atoms. The van der Waals surface area contributed by atoms with E-state index in [4.69, 9.17) is 4.74 Å². The minimum atomic E-state index is -0.496. The van der Waals surface area contributed by atoms with E-state index in [1.807, 2.05) is 29.8 Å². The third-order valence-electron chi connectivity index (χ3n) is 4.75. The molecule has 0 aliphatic carbocycles. The van der Waals surface area contributed by atoms with Gasteiger partial charge in [0.25, 0.3) is 11.5 Å². The molecule has 1 atom stereocenters. The predicted octanol–water partition coefficient (Wildman–Crippen LogP) is 2.97. The first-order chi connectivity index (χ1) is 15.4. The first-order valence-corrected chi connectivity index (χ1v) is 12.1. The lowest BCUT2D eigenvalue weighted by Gasteiger charge is -2.26. The topological polar surface area (TPSA) is 126 Å². The van der Waals surface area contributed by atoms with Crippen molar-refractivity contribution >= 4 is 40.0 Å². The Morgan fingerprint density at radius 3 is 2.94 bits per heavy atom. The number of aromatic amines is 1. The maximum atomic E-state index is 12.6. The molecule has 0 radical (unpaired) electrons. The highest BCUT2D eigenvalue weighted by Crippen LogP contribution is 2.36. The second-order valence-corrected chi connectivity index (χ2v) is 8.87. The number of H-pyrrole nitrogens is 1. The summed E-state index contributed by atoms with van der Waals surface area (Å²) in [7, 11) is 0. The van der Waals surface area contributed by atoms with Crippen molar-refractivity contribution in [1.82, 2.24) is 20.3 Å². The molecule has 3 aromatic rings. The van der Waals surface area contributed by atoms with Crippen molar-refractivity contribution in [2.24, 2.45) is 0 Å². The van der Waals surface area contributed by atoms with Crippen molar-refractivity contribution in [3.8, 4) is 17.0 Å². The maximum absolute atomic E-state index is 12.6. The SMILES string of the molecule is CSCc1nc(C(=O)Nc2nc(-c3ccc4c(c3)C(NC(C)=O)CCO4)cs2)cc(=O)[nH]1. The van der Waals surface area contributed by atoms with Gasteiger partial charge >= 0.3 is 0 Å². The zero-order chi connectivity index (χ0) is 22.7. The van der Waals surface area contributed by atoms with Gasteiger partial charge in [0.05, 0.1) is 24.1 Å². The van der Waals surface area contributed by atoms with Crippen molar-refractivity contribution < 1.29 is 14.3 Å². The van der Waals surface area contributed by atoms with Gasteiger partial charge in [0.15, 0.2) is 5.13 Å². The lowest BCUT2D eigenvalue weighted by molar-refractivity contribution is -0.119. The average molecular weight is 472 g/mol. The number of hydrogen-bond acceptors (Lipinski definition) is 8. The summed E-state index contributed by atoms with van der Waals surface area (Å²) in [5.74, 6) is 1.09. The van der Waals surface area contributed by atoms with E-state index < -0.39 is 5.91 Å². The summed E-state index contributed by atoms with van der Waals surface area (Å²) in [6.45, 7) is 2.03. The molecule has 3 N–H and O–H groups in total. The Labute approximate surface area is 192 Å². The van der Waals surface area contributed by atoms with Crippen molar-refractivity contribution in [3.63, 3.8) is 0 Å². The van der Waals surface area contributed by atoms with E-state index in [-0.39, 0.29) is 23.2 Å². The number of fused-ring (bicyclic) bond motifs is 1. The van der Waals surface area contributed by atoms with Gasteiger partial charge in [-0.1, -0.05) is 0 Å². The lowest BCUT2D eigenvalue weighted by atomic mass is 9.97. The Hall–Kier alpha value is -3.18. The van der Waals surface area contributed by atoms with E-state index in [9.17, 15) is 14.4 Å². The van der Waals surface area contributed by atoms with Crippen molar-refractivity contribution in [1.29, 1.82) is 0 Å². The smallest absolute Gasteiger partial charge is 0.276 e. The molecule has 1 aromatic carbocycles. The van der Waals surface area contributed by atoms with Crippen LogP contribution in [0.4, 0.5) is 5.13 Å². The number of rotatable bonds is 6. The largest absolute Gasteiger partial charge is 0.493 e. The van der Waals surface area contributed by atoms with Crippen LogP contribution in [0.2, 0.25) is 0 Å². The summed E-state index contributed by atoms with van der Waals surface area (Å²) in [4.78, 5) is 47.3. The molecule has 0 bridgehead atoms. The van der Waals surface area contributed by atoms with E-state index in [0.29, 0.717) is 35.4 Å². The Kier molecular flexibility index (Phi) is 6.56. The second kappa shape index (κ2) is 9.53. The minimum Gasteiger partial charge on any atom is -0.493 e. The molecule has 9 nitrogen and oxygen atoms in total. The van der Waals surface area contributed by atoms with E-state index in [1.165, 1.54) is 36.1 Å². The van der Waals surface area contributed by atoms with Crippen molar-refractivity contribution in [2.75, 3.05) is 18.2 Å². The van der Waals surface area contributed by atoms with Gasteiger partial charge in [0.1, 0.15) is 17.3 Å². The van der Waals surface area contributed by atoms with E-state index in [2.05, 4.69) is 25.6 Å². The second-order valence-electron chi connectivity index (χ2n) is 7.15. The van der Waals surface area contributed by atoms with Gasteiger partial charge in [0, 0.05) is 35.9 Å². The van der Waals surface area contributed by atoms with E-state index >= 15 is 0 Å². The molecular formula is C21H21N5O4S2. The Bertz CT molecular complexity index is 1220. The molecule has 2 aromatic heterocycles. The summed E-state index contributed by atoms with van der Waals surface area (Å²) in [5.41, 5.74) is 2.09. The van der Waals surface area contributed by atoms with E-state index in [1.54, 1.807) is 0 Å². The number of nitrogens with one attached hydrogen (secondary N) is 3. The van der Waals surface area contributed by atoms with Crippen LogP contribution in [0.1, 0.15) is 41.3 Å². The number of aromatic nitrogens is 3. The summed E-state index contributed by atoms with van der Waals surface area (Å²) in [5, 5.41) is 7.89. The number of thioether (sulfide) groups is 1. The summed E-state index contributed by atoms with van der Waals surface area (Å²) in [6.07, 6.45) is 2.57. The van der Waals surface area contributed by atoms with Crippen LogP contribution < -0.4 is 20.9 Å².